The number of fused-ring (bicyclic) bond motifs is 1. The molecule has 3 rings (SSSR count). The highest BCUT2D eigenvalue weighted by atomic mass is 19.4. The lowest BCUT2D eigenvalue weighted by molar-refractivity contribution is -0.166. The van der Waals surface area contributed by atoms with Gasteiger partial charge in [-0.3, -0.25) is 0 Å². The highest BCUT2D eigenvalue weighted by Crippen LogP contribution is 2.45. The minimum absolute atomic E-state index is 0.239. The summed E-state index contributed by atoms with van der Waals surface area (Å²) in [4.78, 5) is 12.7. The second-order valence-corrected chi connectivity index (χ2v) is 8.60. The van der Waals surface area contributed by atoms with E-state index in [1.165, 1.54) is 12.1 Å². The number of aryl methyl sites for hydroxylation is 1. The van der Waals surface area contributed by atoms with Gasteiger partial charge in [0.1, 0.15) is 5.75 Å². The zero-order valence-corrected chi connectivity index (χ0v) is 18.6. The highest BCUT2D eigenvalue weighted by molar-refractivity contribution is 5.86. The molecule has 1 aliphatic rings. The van der Waals surface area contributed by atoms with Crippen molar-refractivity contribution in [3.8, 4) is 16.9 Å². The lowest BCUT2D eigenvalue weighted by atomic mass is 9.86. The number of carbonyl (C=O) groups excluding carboxylic acids is 1. The van der Waals surface area contributed by atoms with Crippen LogP contribution in [0.25, 0.3) is 17.2 Å². The number of hydrogen-bond donors (Lipinski definition) is 0. The molecular weight excluding hydrogens is 421 g/mol. The van der Waals surface area contributed by atoms with Crippen LogP contribution in [0.1, 0.15) is 55.5 Å². The maximum atomic E-state index is 14.2. The normalized spacial score (nSPS) is 14.8. The van der Waals surface area contributed by atoms with Gasteiger partial charge in [-0.15, -0.1) is 0 Å². The van der Waals surface area contributed by atoms with Crippen molar-refractivity contribution in [2.45, 2.75) is 51.5 Å². The molecule has 7 heteroatoms. The average Bonchev–Trinajstić information content (AvgIpc) is 2.74. The number of hydrogen-bond acceptors (Lipinski definition) is 4. The van der Waals surface area contributed by atoms with E-state index in [1.54, 1.807) is 32.9 Å². The third-order valence-corrected chi connectivity index (χ3v) is 5.15. The number of alkyl halides is 3. The van der Waals surface area contributed by atoms with Crippen LogP contribution >= 0.6 is 0 Å². The molecule has 0 saturated carbocycles. The summed E-state index contributed by atoms with van der Waals surface area (Å²) in [7, 11) is 1.13. The van der Waals surface area contributed by atoms with Crippen molar-refractivity contribution in [1.29, 1.82) is 0 Å². The lowest BCUT2D eigenvalue weighted by Crippen LogP contribution is -2.30. The van der Waals surface area contributed by atoms with Crippen LogP contribution in [-0.4, -0.2) is 25.3 Å². The Kier molecular flexibility index (Phi) is 6.69. The maximum Gasteiger partial charge on any atom is 0.416 e. The van der Waals surface area contributed by atoms with E-state index in [0.29, 0.717) is 23.5 Å². The Bertz CT molecular complexity index is 1020. The fraction of sp³-hybridized carbons (Fsp3) is 0.400. The van der Waals surface area contributed by atoms with Gasteiger partial charge in [0.2, 0.25) is 0 Å². The fourth-order valence-electron chi connectivity index (χ4n) is 3.85. The molecule has 0 N–H and O–H groups in total. The average molecular weight is 448 g/mol. The Morgan fingerprint density at radius 3 is 2.50 bits per heavy atom. The third kappa shape index (κ3) is 4.99. The summed E-state index contributed by atoms with van der Waals surface area (Å²) in [5.74, 6) is -0.196. The number of esters is 1. The molecule has 32 heavy (non-hydrogen) atoms. The van der Waals surface area contributed by atoms with Crippen LogP contribution in [0.3, 0.4) is 0 Å². The van der Waals surface area contributed by atoms with E-state index in [4.69, 9.17) is 14.2 Å². The molecule has 2 aromatic carbocycles. The number of rotatable bonds is 5. The van der Waals surface area contributed by atoms with Gasteiger partial charge in [-0.2, -0.15) is 13.2 Å². The summed E-state index contributed by atoms with van der Waals surface area (Å²) in [6.45, 7) is 9.38. The number of carbonyl (C=O) groups is 1. The Hall–Kier alpha value is -2.80. The standard InChI is InChI=1S/C25H27F3O4/c1-6-15-9-11-18(25(26,27)28)21(22(23(29)30-5)32-24(2,3)4)20(15)17-10-12-19-16(14-17)8-7-13-31-19/h6,9-12,14,22H,1,7-8,13H2,2-5H3. The first-order chi connectivity index (χ1) is 15.0. The molecule has 0 aromatic heterocycles. The topological polar surface area (TPSA) is 44.8 Å². The first-order valence-corrected chi connectivity index (χ1v) is 10.3. The van der Waals surface area contributed by atoms with Crippen molar-refractivity contribution in [3.63, 3.8) is 0 Å². The van der Waals surface area contributed by atoms with Crippen LogP contribution in [0.4, 0.5) is 13.2 Å². The molecule has 0 amide bonds. The van der Waals surface area contributed by atoms with E-state index in [1.807, 2.05) is 6.07 Å². The van der Waals surface area contributed by atoms with Crippen LogP contribution < -0.4 is 4.74 Å². The summed E-state index contributed by atoms with van der Waals surface area (Å²) in [6, 6.07) is 7.57. The molecular formula is C25H27F3O4. The fourth-order valence-corrected chi connectivity index (χ4v) is 3.85. The van der Waals surface area contributed by atoms with Crippen LogP contribution in [0.5, 0.6) is 5.75 Å². The molecule has 1 unspecified atom stereocenters. The monoisotopic (exact) mass is 448 g/mol. The SMILES string of the molecule is C=Cc1ccc(C(F)(F)F)c(C(OC(C)(C)C)C(=O)OC)c1-c1ccc2c(c1)CCCO2. The minimum atomic E-state index is -4.71. The largest absolute Gasteiger partial charge is 0.493 e. The second kappa shape index (κ2) is 8.98. The van der Waals surface area contributed by atoms with E-state index in [9.17, 15) is 18.0 Å². The number of ether oxygens (including phenoxy) is 3. The second-order valence-electron chi connectivity index (χ2n) is 8.60. The number of methoxy groups -OCH3 is 1. The highest BCUT2D eigenvalue weighted by Gasteiger charge is 2.41. The third-order valence-electron chi connectivity index (χ3n) is 5.15. The summed E-state index contributed by atoms with van der Waals surface area (Å²) in [6.07, 6.45) is -3.26. The van der Waals surface area contributed by atoms with Crippen LogP contribution in [0.2, 0.25) is 0 Å². The molecule has 0 radical (unpaired) electrons. The van der Waals surface area contributed by atoms with Gasteiger partial charge in [0.05, 0.1) is 24.9 Å². The molecule has 0 saturated heterocycles. The predicted octanol–water partition coefficient (Wildman–Crippen LogP) is 6.37. The molecule has 1 heterocycles. The van der Waals surface area contributed by atoms with E-state index >= 15 is 0 Å². The minimum Gasteiger partial charge on any atom is -0.493 e. The van der Waals surface area contributed by atoms with Crippen molar-refractivity contribution < 1.29 is 32.2 Å². The van der Waals surface area contributed by atoms with Gasteiger partial charge in [0.15, 0.2) is 6.10 Å². The van der Waals surface area contributed by atoms with Gasteiger partial charge in [-0.25, -0.2) is 4.79 Å². The zero-order chi connectivity index (χ0) is 23.7. The van der Waals surface area contributed by atoms with Crippen molar-refractivity contribution in [2.24, 2.45) is 0 Å². The van der Waals surface area contributed by atoms with E-state index < -0.39 is 29.4 Å². The summed E-state index contributed by atoms with van der Waals surface area (Å²) >= 11 is 0. The van der Waals surface area contributed by atoms with E-state index in [-0.39, 0.29) is 11.1 Å². The zero-order valence-electron chi connectivity index (χ0n) is 18.6. The summed E-state index contributed by atoms with van der Waals surface area (Å²) in [5.41, 5.74) is -0.0264. The van der Waals surface area contributed by atoms with Crippen molar-refractivity contribution in [2.75, 3.05) is 13.7 Å². The Labute approximate surface area is 186 Å². The van der Waals surface area contributed by atoms with E-state index in [2.05, 4.69) is 6.58 Å². The van der Waals surface area contributed by atoms with Gasteiger partial charge in [-0.1, -0.05) is 24.8 Å². The van der Waals surface area contributed by atoms with Crippen molar-refractivity contribution >= 4 is 12.0 Å². The number of benzene rings is 2. The van der Waals surface area contributed by atoms with Crippen LogP contribution in [-0.2, 0) is 26.9 Å². The molecule has 1 aliphatic heterocycles. The Morgan fingerprint density at radius 1 is 1.19 bits per heavy atom. The maximum absolute atomic E-state index is 14.2. The first kappa shape index (κ1) is 23.9. The lowest BCUT2D eigenvalue weighted by Gasteiger charge is -2.30. The predicted molar refractivity (Wildman–Crippen MR) is 116 cm³/mol. The summed E-state index contributed by atoms with van der Waals surface area (Å²) in [5, 5.41) is 0. The van der Waals surface area contributed by atoms with E-state index in [0.717, 1.165) is 31.6 Å². The van der Waals surface area contributed by atoms with Crippen LogP contribution in [0, 0.1) is 0 Å². The smallest absolute Gasteiger partial charge is 0.416 e. The Morgan fingerprint density at radius 2 is 1.91 bits per heavy atom. The van der Waals surface area contributed by atoms with Gasteiger partial charge < -0.3 is 14.2 Å². The van der Waals surface area contributed by atoms with Crippen LogP contribution in [0.15, 0.2) is 36.9 Å². The molecule has 2 aromatic rings. The molecule has 4 nitrogen and oxygen atoms in total. The molecule has 0 bridgehead atoms. The van der Waals surface area contributed by atoms with Gasteiger partial charge in [-0.05, 0) is 74.1 Å². The quantitative estimate of drug-likeness (QED) is 0.499. The van der Waals surface area contributed by atoms with Gasteiger partial charge in [0, 0.05) is 5.56 Å². The van der Waals surface area contributed by atoms with Gasteiger partial charge in [0.25, 0.3) is 0 Å². The molecule has 1 atom stereocenters. The molecule has 172 valence electrons. The summed E-state index contributed by atoms with van der Waals surface area (Å²) < 4.78 is 58.8. The van der Waals surface area contributed by atoms with Gasteiger partial charge >= 0.3 is 12.1 Å². The molecule has 0 fully saturated rings. The first-order valence-electron chi connectivity index (χ1n) is 10.3. The molecule has 0 aliphatic carbocycles. The van der Waals surface area contributed by atoms with Crippen molar-refractivity contribution in [3.05, 3.63) is 59.2 Å². The number of halogens is 3. The van der Waals surface area contributed by atoms with Crippen molar-refractivity contribution in [1.82, 2.24) is 0 Å². The molecule has 0 spiro atoms. The Balaban J connectivity index is 2.37.